The number of fused-ring (bicyclic) bond motifs is 1. The molecule has 2 aliphatic rings. The molecule has 0 aromatic heterocycles. The fraction of sp³-hybridized carbons (Fsp3) is 0.632. The molecular weight excluding hydrogens is 274 g/mol. The van der Waals surface area contributed by atoms with Crippen LogP contribution >= 0.6 is 0 Å². The molecule has 120 valence electrons. The Hall–Kier alpha value is -1.35. The Balaban J connectivity index is 1.72. The summed E-state index contributed by atoms with van der Waals surface area (Å²) >= 11 is 0. The lowest BCUT2D eigenvalue weighted by atomic mass is 9.78. The second-order valence-electron chi connectivity index (χ2n) is 6.70. The van der Waals surface area contributed by atoms with Gasteiger partial charge in [0.15, 0.2) is 0 Å². The number of esters is 1. The fourth-order valence-electron chi connectivity index (χ4n) is 4.35. The van der Waals surface area contributed by atoms with E-state index in [1.807, 2.05) is 6.92 Å². The summed E-state index contributed by atoms with van der Waals surface area (Å²) in [4.78, 5) is 14.6. The predicted octanol–water partition coefficient (Wildman–Crippen LogP) is 3.63. The van der Waals surface area contributed by atoms with Gasteiger partial charge in [0.2, 0.25) is 0 Å². The van der Waals surface area contributed by atoms with Crippen LogP contribution < -0.4 is 0 Å². The summed E-state index contributed by atoms with van der Waals surface area (Å²) in [6.45, 7) is 4.47. The maximum atomic E-state index is 12.0. The maximum absolute atomic E-state index is 12.0. The molecule has 1 saturated heterocycles. The van der Waals surface area contributed by atoms with Crippen molar-refractivity contribution in [3.63, 3.8) is 0 Å². The van der Waals surface area contributed by atoms with E-state index in [9.17, 15) is 4.79 Å². The Kier molecular flexibility index (Phi) is 5.14. The average molecular weight is 301 g/mol. The second kappa shape index (κ2) is 7.28. The Bertz CT molecular complexity index is 487. The Labute approximate surface area is 133 Å². The predicted molar refractivity (Wildman–Crippen MR) is 87.3 cm³/mol. The summed E-state index contributed by atoms with van der Waals surface area (Å²) < 4.78 is 5.22. The number of hydrogen-bond acceptors (Lipinski definition) is 3. The quantitative estimate of drug-likeness (QED) is 0.778. The highest BCUT2D eigenvalue weighted by atomic mass is 16.5. The summed E-state index contributed by atoms with van der Waals surface area (Å²) in [5.74, 6) is 1.43. The number of carbonyl (C=O) groups is 1. The molecule has 1 heterocycles. The molecule has 0 amide bonds. The first kappa shape index (κ1) is 15.5. The molecule has 3 atom stereocenters. The number of benzene rings is 1. The first-order valence-electron chi connectivity index (χ1n) is 8.71. The van der Waals surface area contributed by atoms with Gasteiger partial charge in [0, 0.05) is 19.1 Å². The minimum atomic E-state index is -0.0308. The molecule has 3 heteroatoms. The summed E-state index contributed by atoms with van der Waals surface area (Å²) in [5.41, 5.74) is 1.34. The largest absolute Gasteiger partial charge is 0.466 e. The van der Waals surface area contributed by atoms with E-state index in [1.54, 1.807) is 0 Å². The number of nitrogens with zero attached hydrogens (tertiary/aromatic N) is 1. The van der Waals surface area contributed by atoms with Crippen molar-refractivity contribution in [1.29, 1.82) is 0 Å². The van der Waals surface area contributed by atoms with Gasteiger partial charge >= 0.3 is 5.97 Å². The highest BCUT2D eigenvalue weighted by molar-refractivity contribution is 5.70. The molecule has 1 aromatic carbocycles. The number of hydrogen-bond donors (Lipinski definition) is 0. The molecule has 3 rings (SSSR count). The van der Waals surface area contributed by atoms with Crippen LogP contribution in [0.4, 0.5) is 0 Å². The van der Waals surface area contributed by atoms with Gasteiger partial charge in [0.05, 0.1) is 13.0 Å². The molecule has 22 heavy (non-hydrogen) atoms. The molecule has 2 fully saturated rings. The average Bonchev–Trinajstić information content (AvgIpc) is 2.86. The van der Waals surface area contributed by atoms with Crippen molar-refractivity contribution in [2.75, 3.05) is 13.2 Å². The van der Waals surface area contributed by atoms with Crippen molar-refractivity contribution in [2.45, 2.75) is 51.6 Å². The van der Waals surface area contributed by atoms with Crippen molar-refractivity contribution in [3.05, 3.63) is 35.9 Å². The smallest absolute Gasteiger partial charge is 0.307 e. The van der Waals surface area contributed by atoms with Crippen LogP contribution in [0.25, 0.3) is 0 Å². The van der Waals surface area contributed by atoms with Gasteiger partial charge in [-0.25, -0.2) is 0 Å². The number of ether oxygens (including phenoxy) is 1. The van der Waals surface area contributed by atoms with E-state index < -0.39 is 0 Å². The van der Waals surface area contributed by atoms with E-state index in [-0.39, 0.29) is 5.97 Å². The van der Waals surface area contributed by atoms with Crippen molar-refractivity contribution < 1.29 is 9.53 Å². The first-order chi connectivity index (χ1) is 10.8. The van der Waals surface area contributed by atoms with Crippen molar-refractivity contribution >= 4 is 5.97 Å². The molecule has 0 radical (unpaired) electrons. The van der Waals surface area contributed by atoms with Crippen molar-refractivity contribution in [3.8, 4) is 0 Å². The van der Waals surface area contributed by atoms with Crippen molar-refractivity contribution in [1.82, 2.24) is 4.90 Å². The van der Waals surface area contributed by atoms with Crippen LogP contribution in [0, 0.1) is 11.8 Å². The third-order valence-electron chi connectivity index (χ3n) is 5.31. The Morgan fingerprint density at radius 2 is 2.00 bits per heavy atom. The third kappa shape index (κ3) is 3.52. The Morgan fingerprint density at radius 3 is 2.77 bits per heavy atom. The summed E-state index contributed by atoms with van der Waals surface area (Å²) in [5, 5.41) is 0. The number of carbonyl (C=O) groups excluding carboxylic acids is 1. The molecule has 0 N–H and O–H groups in total. The zero-order valence-electron chi connectivity index (χ0n) is 13.5. The molecule has 1 aromatic rings. The molecule has 1 saturated carbocycles. The zero-order chi connectivity index (χ0) is 15.4. The van der Waals surface area contributed by atoms with Gasteiger partial charge in [0.25, 0.3) is 0 Å². The topological polar surface area (TPSA) is 29.5 Å². The molecular formula is C19H27NO2. The van der Waals surface area contributed by atoms with Crippen LogP contribution in [-0.4, -0.2) is 30.1 Å². The normalized spacial score (nSPS) is 28.3. The highest BCUT2D eigenvalue weighted by Gasteiger charge is 2.43. The van der Waals surface area contributed by atoms with Crippen LogP contribution in [0.15, 0.2) is 30.3 Å². The summed E-state index contributed by atoms with van der Waals surface area (Å²) in [6.07, 6.45) is 5.84. The molecule has 0 bridgehead atoms. The van der Waals surface area contributed by atoms with E-state index in [2.05, 4.69) is 35.2 Å². The molecule has 1 aliphatic carbocycles. The monoisotopic (exact) mass is 301 g/mol. The molecule has 0 unspecified atom stereocenters. The van der Waals surface area contributed by atoms with Gasteiger partial charge in [0.1, 0.15) is 0 Å². The Morgan fingerprint density at radius 1 is 1.23 bits per heavy atom. The summed E-state index contributed by atoms with van der Waals surface area (Å²) in [6, 6.07) is 11.0. The minimum Gasteiger partial charge on any atom is -0.466 e. The van der Waals surface area contributed by atoms with Gasteiger partial charge in [-0.1, -0.05) is 43.2 Å². The molecule has 0 spiro atoms. The van der Waals surface area contributed by atoms with Crippen LogP contribution in [0.5, 0.6) is 0 Å². The van der Waals surface area contributed by atoms with Crippen LogP contribution in [0.2, 0.25) is 0 Å². The van der Waals surface area contributed by atoms with Gasteiger partial charge < -0.3 is 4.74 Å². The van der Waals surface area contributed by atoms with Crippen molar-refractivity contribution in [2.24, 2.45) is 11.8 Å². The zero-order valence-corrected chi connectivity index (χ0v) is 13.5. The lowest BCUT2D eigenvalue weighted by molar-refractivity contribution is -0.144. The van der Waals surface area contributed by atoms with Crippen LogP contribution in [-0.2, 0) is 16.1 Å². The van der Waals surface area contributed by atoms with Gasteiger partial charge in [-0.3, -0.25) is 9.69 Å². The van der Waals surface area contributed by atoms with E-state index >= 15 is 0 Å². The van der Waals surface area contributed by atoms with Gasteiger partial charge in [-0.05, 0) is 37.2 Å². The second-order valence-corrected chi connectivity index (χ2v) is 6.70. The van der Waals surface area contributed by atoms with Gasteiger partial charge in [-0.15, -0.1) is 0 Å². The van der Waals surface area contributed by atoms with Gasteiger partial charge in [-0.2, -0.15) is 0 Å². The van der Waals surface area contributed by atoms with E-state index in [4.69, 9.17) is 4.74 Å². The van der Waals surface area contributed by atoms with E-state index in [1.165, 1.54) is 31.2 Å². The minimum absolute atomic E-state index is 0.0308. The summed E-state index contributed by atoms with van der Waals surface area (Å²) in [7, 11) is 0. The standard InChI is InChI=1S/C19H27NO2/c1-2-22-19(21)12-18-17-11-7-6-10-16(17)14-20(18)13-15-8-4-3-5-9-15/h3-5,8-9,16-18H,2,6-7,10-14H2,1H3/t16-,17-,18+/m0/s1. The first-order valence-corrected chi connectivity index (χ1v) is 8.71. The number of rotatable bonds is 5. The molecule has 1 aliphatic heterocycles. The third-order valence-corrected chi connectivity index (χ3v) is 5.31. The fourth-order valence-corrected chi connectivity index (χ4v) is 4.35. The maximum Gasteiger partial charge on any atom is 0.307 e. The highest BCUT2D eigenvalue weighted by Crippen LogP contribution is 2.42. The SMILES string of the molecule is CCOC(=O)C[C@@H]1[C@H]2CCCC[C@H]2CN1Cc1ccccc1. The lowest BCUT2D eigenvalue weighted by Gasteiger charge is -2.30. The van der Waals surface area contributed by atoms with E-state index in [0.29, 0.717) is 25.0 Å². The van der Waals surface area contributed by atoms with Crippen LogP contribution in [0.1, 0.15) is 44.6 Å². The van der Waals surface area contributed by atoms with E-state index in [0.717, 1.165) is 19.0 Å². The number of likely N-dealkylation sites (tertiary alicyclic amines) is 1. The molecule has 3 nitrogen and oxygen atoms in total. The lowest BCUT2D eigenvalue weighted by Crippen LogP contribution is -2.35. The van der Waals surface area contributed by atoms with Crippen LogP contribution in [0.3, 0.4) is 0 Å².